The first-order valence-electron chi connectivity index (χ1n) is 14.0. The van der Waals surface area contributed by atoms with Gasteiger partial charge >= 0.3 is 12.1 Å². The number of rotatable bonds is 12. The summed E-state index contributed by atoms with van der Waals surface area (Å²) in [6.45, 7) is 4.67. The predicted octanol–water partition coefficient (Wildman–Crippen LogP) is 2.00. The molecule has 4 N–H and O–H groups in total. The van der Waals surface area contributed by atoms with Gasteiger partial charge < -0.3 is 30.7 Å². The highest BCUT2D eigenvalue weighted by atomic mass is 16.6. The fraction of sp³-hybridized carbons (Fsp3) is 0.364. The molecule has 0 radical (unpaired) electrons. The van der Waals surface area contributed by atoms with E-state index in [4.69, 9.17) is 22.3 Å². The summed E-state index contributed by atoms with van der Waals surface area (Å²) in [5.74, 6) is 1.25. The van der Waals surface area contributed by atoms with E-state index < -0.39 is 60.3 Å². The number of hydrogen-bond donors (Lipinski definition) is 4. The van der Waals surface area contributed by atoms with Crippen molar-refractivity contribution in [1.29, 1.82) is 0 Å². The van der Waals surface area contributed by atoms with Crippen molar-refractivity contribution < 1.29 is 33.4 Å². The maximum atomic E-state index is 13.0. The van der Waals surface area contributed by atoms with E-state index in [1.807, 2.05) is 48.5 Å². The smallest absolute Gasteiger partial charge is 0.407 e. The number of nitrogens with one attached hydrogen (secondary N) is 4. The molecule has 0 unspecified atom stereocenters. The van der Waals surface area contributed by atoms with Gasteiger partial charge in [-0.05, 0) is 43.0 Å². The second kappa shape index (κ2) is 15.3. The Kier molecular flexibility index (Phi) is 11.5. The molecule has 0 spiro atoms. The number of fused-ring (bicyclic) bond motifs is 3. The monoisotopic (exact) mass is 600 g/mol. The molecule has 0 heterocycles. The summed E-state index contributed by atoms with van der Waals surface area (Å²) in [6, 6.07) is 12.9. The predicted molar refractivity (Wildman–Crippen MR) is 163 cm³/mol. The maximum absolute atomic E-state index is 13.0. The van der Waals surface area contributed by atoms with Gasteiger partial charge in [-0.3, -0.25) is 19.2 Å². The van der Waals surface area contributed by atoms with Crippen molar-refractivity contribution in [2.45, 2.75) is 57.2 Å². The molecule has 0 fully saturated rings. The SMILES string of the molecule is C#CCNC(=O)[C@H](CC(=O)OC(C)(C)C)NC(=O)C[C@H](NC(=O)OCC1c2ccccc2-c2ccccc21)C(=O)NCC#C. The van der Waals surface area contributed by atoms with Crippen molar-refractivity contribution in [3.63, 3.8) is 0 Å². The highest BCUT2D eigenvalue weighted by molar-refractivity contribution is 5.94. The fourth-order valence-corrected chi connectivity index (χ4v) is 4.71. The first-order chi connectivity index (χ1) is 20.9. The summed E-state index contributed by atoms with van der Waals surface area (Å²) in [6.07, 6.45) is 8.44. The molecule has 2 aromatic carbocycles. The lowest BCUT2D eigenvalue weighted by Crippen LogP contribution is -2.52. The fourth-order valence-electron chi connectivity index (χ4n) is 4.71. The number of terminal acetylenes is 2. The van der Waals surface area contributed by atoms with Crippen LogP contribution in [0.25, 0.3) is 11.1 Å². The Morgan fingerprint density at radius 2 is 1.30 bits per heavy atom. The molecule has 1 aliphatic rings. The maximum Gasteiger partial charge on any atom is 0.407 e. The highest BCUT2D eigenvalue weighted by Gasteiger charge is 2.32. The van der Waals surface area contributed by atoms with Gasteiger partial charge in [0.05, 0.1) is 25.9 Å². The zero-order valence-electron chi connectivity index (χ0n) is 24.9. The molecule has 11 heteroatoms. The van der Waals surface area contributed by atoms with E-state index in [2.05, 4.69) is 33.1 Å². The van der Waals surface area contributed by atoms with E-state index in [9.17, 15) is 24.0 Å². The molecule has 230 valence electrons. The van der Waals surface area contributed by atoms with Crippen LogP contribution in [0.4, 0.5) is 4.79 Å². The van der Waals surface area contributed by atoms with Gasteiger partial charge in [0.1, 0.15) is 24.3 Å². The standard InChI is InChI=1S/C33H36N4O7/c1-6-16-34-30(40)26(18-28(38)36-27(31(41)35-17-7-2)19-29(39)44-33(3,4)5)37-32(42)43-20-25-23-14-10-8-12-21(23)22-13-9-11-15-24(22)25/h1-2,8-15,25-27H,16-20H2,3-5H3,(H,34,40)(H,35,41)(H,36,38)(H,37,42)/t26-,27-/m0/s1. The van der Waals surface area contributed by atoms with Crippen LogP contribution in [-0.2, 0) is 28.7 Å². The van der Waals surface area contributed by atoms with Crippen molar-refractivity contribution in [3.05, 3.63) is 59.7 Å². The van der Waals surface area contributed by atoms with Gasteiger partial charge in [0.25, 0.3) is 0 Å². The molecular formula is C33H36N4O7. The lowest BCUT2D eigenvalue weighted by molar-refractivity contribution is -0.156. The second-order valence-electron chi connectivity index (χ2n) is 11.0. The van der Waals surface area contributed by atoms with E-state index in [1.165, 1.54) is 0 Å². The summed E-state index contributed by atoms with van der Waals surface area (Å²) in [4.78, 5) is 63.8. The van der Waals surface area contributed by atoms with Gasteiger partial charge in [0.15, 0.2) is 0 Å². The quantitative estimate of drug-likeness (QED) is 0.215. The van der Waals surface area contributed by atoms with Gasteiger partial charge in [0, 0.05) is 5.92 Å². The van der Waals surface area contributed by atoms with E-state index in [-0.39, 0.29) is 25.6 Å². The van der Waals surface area contributed by atoms with Gasteiger partial charge in [-0.15, -0.1) is 12.8 Å². The van der Waals surface area contributed by atoms with Crippen LogP contribution in [0.1, 0.15) is 50.7 Å². The lowest BCUT2D eigenvalue weighted by atomic mass is 9.98. The number of ether oxygens (including phenoxy) is 2. The zero-order valence-corrected chi connectivity index (χ0v) is 24.9. The summed E-state index contributed by atoms with van der Waals surface area (Å²) < 4.78 is 10.8. The van der Waals surface area contributed by atoms with Gasteiger partial charge in [0.2, 0.25) is 17.7 Å². The van der Waals surface area contributed by atoms with Gasteiger partial charge in [-0.2, -0.15) is 0 Å². The van der Waals surface area contributed by atoms with Gasteiger partial charge in [-0.25, -0.2) is 4.79 Å². The molecule has 0 aromatic heterocycles. The number of esters is 1. The highest BCUT2D eigenvalue weighted by Crippen LogP contribution is 2.44. The largest absolute Gasteiger partial charge is 0.460 e. The topological polar surface area (TPSA) is 152 Å². The summed E-state index contributed by atoms with van der Waals surface area (Å²) in [7, 11) is 0. The first-order valence-corrected chi connectivity index (χ1v) is 14.0. The Hall–Kier alpha value is -5.29. The van der Waals surface area contributed by atoms with Crippen molar-refractivity contribution in [2.75, 3.05) is 19.7 Å². The molecule has 0 saturated heterocycles. The van der Waals surface area contributed by atoms with Crippen LogP contribution in [0.3, 0.4) is 0 Å². The molecule has 1 aliphatic carbocycles. The van der Waals surface area contributed by atoms with E-state index in [0.29, 0.717) is 0 Å². The van der Waals surface area contributed by atoms with Crippen LogP contribution in [0, 0.1) is 24.7 Å². The number of carbonyl (C=O) groups is 5. The molecule has 2 atom stereocenters. The molecule has 0 bridgehead atoms. The third kappa shape index (κ3) is 9.36. The molecule has 4 amide bonds. The number of carbonyl (C=O) groups excluding carboxylic acids is 5. The Morgan fingerprint density at radius 3 is 1.80 bits per heavy atom. The molecule has 44 heavy (non-hydrogen) atoms. The number of hydrogen-bond acceptors (Lipinski definition) is 7. The number of alkyl carbamates (subject to hydrolysis) is 1. The molecule has 2 aromatic rings. The average Bonchev–Trinajstić information content (AvgIpc) is 3.29. The Labute approximate surface area is 256 Å². The lowest BCUT2D eigenvalue weighted by Gasteiger charge is -2.23. The van der Waals surface area contributed by atoms with Gasteiger partial charge in [-0.1, -0.05) is 60.4 Å². The molecule has 3 rings (SSSR count). The van der Waals surface area contributed by atoms with Crippen LogP contribution in [0.15, 0.2) is 48.5 Å². The van der Waals surface area contributed by atoms with Crippen LogP contribution < -0.4 is 21.3 Å². The number of benzene rings is 2. The van der Waals surface area contributed by atoms with E-state index >= 15 is 0 Å². The average molecular weight is 601 g/mol. The van der Waals surface area contributed by atoms with E-state index in [1.54, 1.807) is 20.8 Å². The third-order valence-corrected chi connectivity index (χ3v) is 6.51. The van der Waals surface area contributed by atoms with Crippen LogP contribution in [0.2, 0.25) is 0 Å². The minimum Gasteiger partial charge on any atom is -0.460 e. The van der Waals surface area contributed by atoms with Crippen molar-refractivity contribution >= 4 is 29.8 Å². The molecule has 0 aliphatic heterocycles. The number of amides is 4. The summed E-state index contributed by atoms with van der Waals surface area (Å²) in [5, 5.41) is 9.68. The third-order valence-electron chi connectivity index (χ3n) is 6.51. The minimum absolute atomic E-state index is 0.0158. The Morgan fingerprint density at radius 1 is 0.795 bits per heavy atom. The second-order valence-corrected chi connectivity index (χ2v) is 11.0. The summed E-state index contributed by atoms with van der Waals surface area (Å²) in [5.41, 5.74) is 3.28. The molecular weight excluding hydrogens is 564 g/mol. The Bertz CT molecular complexity index is 1440. The van der Waals surface area contributed by atoms with E-state index in [0.717, 1.165) is 22.3 Å². The Balaban J connectivity index is 1.69. The van der Waals surface area contributed by atoms with Crippen molar-refractivity contribution in [1.82, 2.24) is 21.3 Å². The van der Waals surface area contributed by atoms with Crippen LogP contribution >= 0.6 is 0 Å². The molecule has 0 saturated carbocycles. The minimum atomic E-state index is -1.41. The van der Waals surface area contributed by atoms with Crippen LogP contribution in [-0.4, -0.2) is 67.2 Å². The van der Waals surface area contributed by atoms with Crippen molar-refractivity contribution in [2.24, 2.45) is 0 Å². The first kappa shape index (κ1) is 33.2. The van der Waals surface area contributed by atoms with Crippen molar-refractivity contribution in [3.8, 4) is 35.8 Å². The molecule has 11 nitrogen and oxygen atoms in total. The summed E-state index contributed by atoms with van der Waals surface area (Å²) >= 11 is 0. The normalized spacial score (nSPS) is 13.0. The van der Waals surface area contributed by atoms with Crippen LogP contribution in [0.5, 0.6) is 0 Å². The zero-order chi connectivity index (χ0) is 32.3.